The van der Waals surface area contributed by atoms with Crippen molar-refractivity contribution in [1.82, 2.24) is 19.7 Å². The summed E-state index contributed by atoms with van der Waals surface area (Å²) in [5.41, 5.74) is 1.98. The van der Waals surface area contributed by atoms with Gasteiger partial charge in [-0.1, -0.05) is 36.4 Å². The van der Waals surface area contributed by atoms with Gasteiger partial charge in [-0.2, -0.15) is 0 Å². The number of ether oxygens (including phenoxy) is 2. The van der Waals surface area contributed by atoms with Crippen molar-refractivity contribution >= 4 is 11.8 Å². The molecule has 8 heteroatoms. The average Bonchev–Trinajstić information content (AvgIpc) is 2.94. The molecule has 0 radical (unpaired) electrons. The minimum atomic E-state index is 0.116. The summed E-state index contributed by atoms with van der Waals surface area (Å²) >= 11 is 0. The zero-order valence-electron chi connectivity index (χ0n) is 21.3. The van der Waals surface area contributed by atoms with Crippen LogP contribution < -0.4 is 4.74 Å². The molecule has 2 aromatic rings. The molecular weight excluding hydrogens is 468 g/mol. The second-order valence-corrected chi connectivity index (χ2v) is 10.1. The fraction of sp³-hybridized carbons (Fsp3) is 0.483. The number of hydrogen-bond acceptors (Lipinski definition) is 6. The molecule has 1 aromatic carbocycles. The van der Waals surface area contributed by atoms with Gasteiger partial charge in [-0.15, -0.1) is 0 Å². The van der Waals surface area contributed by atoms with Gasteiger partial charge in [0, 0.05) is 57.4 Å². The lowest BCUT2D eigenvalue weighted by Gasteiger charge is -2.39. The van der Waals surface area contributed by atoms with Crippen LogP contribution in [0.4, 0.5) is 0 Å². The third kappa shape index (κ3) is 6.76. The molecule has 8 nitrogen and oxygen atoms in total. The van der Waals surface area contributed by atoms with Gasteiger partial charge in [0.05, 0.1) is 25.5 Å². The highest BCUT2D eigenvalue weighted by Gasteiger charge is 2.33. The van der Waals surface area contributed by atoms with Crippen molar-refractivity contribution in [3.8, 4) is 5.75 Å². The molecule has 2 fully saturated rings. The fourth-order valence-corrected chi connectivity index (χ4v) is 5.46. The van der Waals surface area contributed by atoms with Gasteiger partial charge in [0.25, 0.3) is 0 Å². The van der Waals surface area contributed by atoms with E-state index in [0.29, 0.717) is 72.1 Å². The molecule has 37 heavy (non-hydrogen) atoms. The Bertz CT molecular complexity index is 1090. The second-order valence-electron chi connectivity index (χ2n) is 10.1. The number of amides is 2. The van der Waals surface area contributed by atoms with Crippen molar-refractivity contribution in [1.29, 1.82) is 0 Å². The number of aromatic nitrogens is 1. The van der Waals surface area contributed by atoms with E-state index in [1.807, 2.05) is 52.3 Å². The predicted octanol–water partition coefficient (Wildman–Crippen LogP) is 2.75. The van der Waals surface area contributed by atoms with Crippen LogP contribution in [0, 0.1) is 11.8 Å². The fourth-order valence-electron chi connectivity index (χ4n) is 5.46. The number of carbonyl (C=O) groups is 2. The van der Waals surface area contributed by atoms with Gasteiger partial charge >= 0.3 is 0 Å². The first-order valence-corrected chi connectivity index (χ1v) is 13.3. The highest BCUT2D eigenvalue weighted by Crippen LogP contribution is 2.30. The zero-order chi connectivity index (χ0) is 25.5. The summed E-state index contributed by atoms with van der Waals surface area (Å²) in [5, 5.41) is 0. The molecule has 1 aromatic heterocycles. The van der Waals surface area contributed by atoms with Crippen molar-refractivity contribution < 1.29 is 19.1 Å². The normalized spacial score (nSPS) is 24.2. The summed E-state index contributed by atoms with van der Waals surface area (Å²) in [7, 11) is 0. The lowest BCUT2D eigenvalue weighted by atomic mass is 9.82. The number of pyridine rings is 1. The number of benzene rings is 1. The lowest BCUT2D eigenvalue weighted by molar-refractivity contribution is -0.138. The van der Waals surface area contributed by atoms with E-state index in [2.05, 4.69) is 22.0 Å². The molecule has 5 rings (SSSR count). The Morgan fingerprint density at radius 1 is 1.03 bits per heavy atom. The van der Waals surface area contributed by atoms with E-state index in [0.717, 1.165) is 23.4 Å². The number of piperidine rings is 1. The largest absolute Gasteiger partial charge is 0.489 e. The maximum absolute atomic E-state index is 13.5. The monoisotopic (exact) mass is 504 g/mol. The van der Waals surface area contributed by atoms with Gasteiger partial charge in [0.2, 0.25) is 11.8 Å². The summed E-state index contributed by atoms with van der Waals surface area (Å²) < 4.78 is 11.6. The molecule has 2 saturated heterocycles. The lowest BCUT2D eigenvalue weighted by Crippen LogP contribution is -2.48. The Labute approximate surface area is 218 Å². The molecule has 0 spiro atoms. The quantitative estimate of drug-likeness (QED) is 0.596. The van der Waals surface area contributed by atoms with E-state index >= 15 is 0 Å². The highest BCUT2D eigenvalue weighted by atomic mass is 16.5. The van der Waals surface area contributed by atoms with Crippen molar-refractivity contribution in [2.24, 2.45) is 11.8 Å². The van der Waals surface area contributed by atoms with Crippen molar-refractivity contribution in [2.45, 2.75) is 25.9 Å². The topological polar surface area (TPSA) is 75.2 Å². The molecule has 0 saturated carbocycles. The van der Waals surface area contributed by atoms with E-state index in [4.69, 9.17) is 9.47 Å². The van der Waals surface area contributed by atoms with Crippen molar-refractivity contribution in [2.75, 3.05) is 52.5 Å². The third-order valence-electron chi connectivity index (χ3n) is 7.52. The van der Waals surface area contributed by atoms with Crippen LogP contribution in [-0.4, -0.2) is 84.0 Å². The van der Waals surface area contributed by atoms with Gasteiger partial charge in [-0.3, -0.25) is 19.5 Å². The SMILES string of the molecule is O=C(C[C@@H]1CCN2C[C@@H]1/C=C\COc1ccccc1CN(Cc1ccccn1)CC2=O)N1CCOCC1. The summed E-state index contributed by atoms with van der Waals surface area (Å²) in [6.45, 7) is 5.76. The third-order valence-corrected chi connectivity index (χ3v) is 7.52. The summed E-state index contributed by atoms with van der Waals surface area (Å²) in [6.07, 6.45) is 7.31. The van der Waals surface area contributed by atoms with Crippen LogP contribution in [0.15, 0.2) is 60.8 Å². The molecule has 4 heterocycles. The first-order chi connectivity index (χ1) is 18.2. The number of nitrogens with zero attached hydrogens (tertiary/aromatic N) is 4. The van der Waals surface area contributed by atoms with Crippen LogP contribution in [0.2, 0.25) is 0 Å². The van der Waals surface area contributed by atoms with Crippen LogP contribution in [0.25, 0.3) is 0 Å². The number of para-hydroxylation sites is 1. The summed E-state index contributed by atoms with van der Waals surface area (Å²) in [5.74, 6) is 1.46. The molecule has 2 atom stereocenters. The molecule has 196 valence electrons. The number of hydrogen-bond donors (Lipinski definition) is 0. The Hall–Kier alpha value is -3.23. The van der Waals surface area contributed by atoms with Gasteiger partial charge in [0.15, 0.2) is 0 Å². The molecule has 3 aliphatic heterocycles. The van der Waals surface area contributed by atoms with Crippen LogP contribution in [0.3, 0.4) is 0 Å². The van der Waals surface area contributed by atoms with Crippen LogP contribution >= 0.6 is 0 Å². The van der Waals surface area contributed by atoms with Crippen molar-refractivity contribution in [3.05, 3.63) is 72.1 Å². The summed E-state index contributed by atoms with van der Waals surface area (Å²) in [4.78, 5) is 37.0. The number of carbonyl (C=O) groups excluding carboxylic acids is 2. The van der Waals surface area contributed by atoms with E-state index in [9.17, 15) is 9.59 Å². The van der Waals surface area contributed by atoms with Gasteiger partial charge in [-0.05, 0) is 36.5 Å². The first kappa shape index (κ1) is 25.4. The molecule has 0 aliphatic carbocycles. The van der Waals surface area contributed by atoms with Crippen LogP contribution in [0.5, 0.6) is 5.75 Å². The van der Waals surface area contributed by atoms with Gasteiger partial charge in [-0.25, -0.2) is 0 Å². The summed E-state index contributed by atoms with van der Waals surface area (Å²) in [6, 6.07) is 13.9. The highest BCUT2D eigenvalue weighted by molar-refractivity contribution is 5.79. The molecule has 0 N–H and O–H groups in total. The Morgan fingerprint density at radius 2 is 1.86 bits per heavy atom. The predicted molar refractivity (Wildman–Crippen MR) is 140 cm³/mol. The smallest absolute Gasteiger partial charge is 0.236 e. The minimum Gasteiger partial charge on any atom is -0.489 e. The minimum absolute atomic E-state index is 0.116. The molecule has 2 amide bonds. The first-order valence-electron chi connectivity index (χ1n) is 13.3. The number of morpholine rings is 1. The van der Waals surface area contributed by atoms with E-state index < -0.39 is 0 Å². The standard InChI is InChI=1S/C29H36N4O4/c34-28(32-13-16-36-17-14-32)18-23-10-12-33-20-24(23)7-5-15-37-27-9-2-1-6-25(27)19-31(22-29(33)35)21-26-8-3-4-11-30-26/h1-9,11,23-24H,10,12-22H2/b7-5-/t23-,24-/m0/s1. The number of fused-ring (bicyclic) bond motifs is 3. The molecular formula is C29H36N4O4. The molecule has 0 unspecified atom stereocenters. The van der Waals surface area contributed by atoms with E-state index in [-0.39, 0.29) is 23.7 Å². The average molecular weight is 505 g/mol. The van der Waals surface area contributed by atoms with Gasteiger partial charge in [0.1, 0.15) is 12.4 Å². The molecule has 2 bridgehead atoms. The van der Waals surface area contributed by atoms with Crippen LogP contribution in [-0.2, 0) is 27.4 Å². The maximum atomic E-state index is 13.5. The van der Waals surface area contributed by atoms with E-state index in [1.54, 1.807) is 6.20 Å². The second kappa shape index (κ2) is 12.3. The molecule has 3 aliphatic rings. The Kier molecular flexibility index (Phi) is 8.48. The maximum Gasteiger partial charge on any atom is 0.236 e. The van der Waals surface area contributed by atoms with Crippen LogP contribution in [0.1, 0.15) is 24.1 Å². The number of rotatable bonds is 4. The van der Waals surface area contributed by atoms with E-state index in [1.165, 1.54) is 0 Å². The van der Waals surface area contributed by atoms with Gasteiger partial charge < -0.3 is 19.3 Å². The van der Waals surface area contributed by atoms with Crippen molar-refractivity contribution in [3.63, 3.8) is 0 Å². The Morgan fingerprint density at radius 3 is 2.70 bits per heavy atom. The zero-order valence-corrected chi connectivity index (χ0v) is 21.3. The Balaban J connectivity index is 1.34.